The summed E-state index contributed by atoms with van der Waals surface area (Å²) in [6, 6.07) is 5.60. The summed E-state index contributed by atoms with van der Waals surface area (Å²) in [7, 11) is 3.02. The third kappa shape index (κ3) is 4.11. The van der Waals surface area contributed by atoms with Crippen molar-refractivity contribution in [3.8, 4) is 5.75 Å². The molecule has 0 aliphatic carbocycles. The van der Waals surface area contributed by atoms with E-state index in [0.29, 0.717) is 18.0 Å². The molecule has 0 radical (unpaired) electrons. The van der Waals surface area contributed by atoms with Crippen LogP contribution in [0, 0.1) is 6.92 Å². The minimum atomic E-state index is -1.08. The van der Waals surface area contributed by atoms with Crippen LogP contribution in [-0.2, 0) is 16.0 Å². The van der Waals surface area contributed by atoms with E-state index in [4.69, 9.17) is 9.84 Å². The fourth-order valence-corrected chi connectivity index (χ4v) is 2.42. The van der Waals surface area contributed by atoms with E-state index in [1.165, 1.54) is 23.6 Å². The van der Waals surface area contributed by atoms with E-state index in [0.717, 1.165) is 5.56 Å². The normalized spacial score (nSPS) is 13.1. The second-order valence-corrected chi connectivity index (χ2v) is 5.71. The van der Waals surface area contributed by atoms with Gasteiger partial charge in [0.05, 0.1) is 7.11 Å². The van der Waals surface area contributed by atoms with E-state index in [-0.39, 0.29) is 5.91 Å². The fraction of sp³-hybridized carbons (Fsp3) is 0.438. The fourth-order valence-electron chi connectivity index (χ4n) is 2.42. The summed E-state index contributed by atoms with van der Waals surface area (Å²) in [4.78, 5) is 25.3. The Hall–Kier alpha value is -2.97. The second kappa shape index (κ2) is 7.73. The maximum atomic E-state index is 12.9. The first-order chi connectivity index (χ1) is 11.8. The van der Waals surface area contributed by atoms with Gasteiger partial charge < -0.3 is 14.7 Å². The van der Waals surface area contributed by atoms with Crippen molar-refractivity contribution in [2.45, 2.75) is 32.4 Å². The maximum Gasteiger partial charge on any atom is 0.326 e. The second-order valence-electron chi connectivity index (χ2n) is 5.71. The zero-order valence-corrected chi connectivity index (χ0v) is 14.6. The van der Waals surface area contributed by atoms with Gasteiger partial charge >= 0.3 is 5.97 Å². The number of ether oxygens (including phenoxy) is 1. The number of aliphatic carboxylic acids is 1. The maximum absolute atomic E-state index is 12.9. The number of methoxy groups -OCH3 is 1. The number of tetrazole rings is 1. The number of amides is 1. The molecule has 2 rings (SSSR count). The molecule has 2 aromatic rings. The van der Waals surface area contributed by atoms with Crippen LogP contribution in [0.25, 0.3) is 0 Å². The molecule has 1 aromatic heterocycles. The highest BCUT2D eigenvalue weighted by Crippen LogP contribution is 2.21. The third-order valence-corrected chi connectivity index (χ3v) is 4.09. The molecule has 2 unspecified atom stereocenters. The van der Waals surface area contributed by atoms with Crippen LogP contribution in [0.15, 0.2) is 24.3 Å². The quantitative estimate of drug-likeness (QED) is 0.785. The van der Waals surface area contributed by atoms with Gasteiger partial charge in [0.25, 0.3) is 0 Å². The van der Waals surface area contributed by atoms with Gasteiger partial charge in [0.1, 0.15) is 23.7 Å². The van der Waals surface area contributed by atoms with Gasteiger partial charge in [0.15, 0.2) is 0 Å². The Bertz CT molecular complexity index is 760. The lowest BCUT2D eigenvalue weighted by Gasteiger charge is -2.27. The van der Waals surface area contributed by atoms with Crippen LogP contribution in [-0.4, -0.2) is 62.3 Å². The Morgan fingerprint density at radius 3 is 2.68 bits per heavy atom. The van der Waals surface area contributed by atoms with Gasteiger partial charge in [-0.2, -0.15) is 0 Å². The van der Waals surface area contributed by atoms with Crippen molar-refractivity contribution in [3.63, 3.8) is 0 Å². The first-order valence-corrected chi connectivity index (χ1v) is 7.72. The Morgan fingerprint density at radius 2 is 2.12 bits per heavy atom. The summed E-state index contributed by atoms with van der Waals surface area (Å²) >= 11 is 0. The van der Waals surface area contributed by atoms with Gasteiger partial charge in [0.2, 0.25) is 5.91 Å². The SMILES string of the molecule is COc1cccc(CC(C(=O)N(C)C(C)C(=O)O)n2nnnc2C)c1. The largest absolute Gasteiger partial charge is 0.497 e. The Balaban J connectivity index is 2.35. The number of aryl methyl sites for hydroxylation is 1. The van der Waals surface area contributed by atoms with Gasteiger partial charge in [-0.3, -0.25) is 4.79 Å². The van der Waals surface area contributed by atoms with Crippen LogP contribution in [0.3, 0.4) is 0 Å². The molecule has 0 spiro atoms. The first-order valence-electron chi connectivity index (χ1n) is 7.72. The van der Waals surface area contributed by atoms with Crippen molar-refractivity contribution < 1.29 is 19.4 Å². The molecular formula is C16H21N5O4. The van der Waals surface area contributed by atoms with Crippen LogP contribution in [0.4, 0.5) is 0 Å². The molecule has 2 atom stereocenters. The summed E-state index contributed by atoms with van der Waals surface area (Å²) in [5.74, 6) is -0.320. The van der Waals surface area contributed by atoms with Gasteiger partial charge in [-0.25, -0.2) is 9.48 Å². The Labute approximate surface area is 145 Å². The number of carbonyl (C=O) groups is 2. The van der Waals surface area contributed by atoms with Gasteiger partial charge in [0, 0.05) is 13.5 Å². The van der Waals surface area contributed by atoms with Crippen molar-refractivity contribution >= 4 is 11.9 Å². The molecule has 0 bridgehead atoms. The van der Waals surface area contributed by atoms with Crippen LogP contribution in [0.1, 0.15) is 24.4 Å². The average molecular weight is 347 g/mol. The van der Waals surface area contributed by atoms with Gasteiger partial charge in [-0.15, -0.1) is 5.10 Å². The average Bonchev–Trinajstić information content (AvgIpc) is 3.03. The van der Waals surface area contributed by atoms with E-state index in [1.54, 1.807) is 20.1 Å². The Morgan fingerprint density at radius 1 is 1.40 bits per heavy atom. The van der Waals surface area contributed by atoms with Gasteiger partial charge in [-0.05, 0) is 42.0 Å². The molecule has 0 saturated carbocycles. The number of rotatable bonds is 7. The lowest BCUT2D eigenvalue weighted by Crippen LogP contribution is -2.44. The molecule has 0 aliphatic rings. The van der Waals surface area contributed by atoms with Crippen molar-refractivity contribution in [2.24, 2.45) is 0 Å². The summed E-state index contributed by atoms with van der Waals surface area (Å²) in [6.45, 7) is 3.14. The minimum absolute atomic E-state index is 0.304. The molecule has 1 N–H and O–H groups in total. The predicted octanol–water partition coefficient (Wildman–Crippen LogP) is 0.705. The highest BCUT2D eigenvalue weighted by atomic mass is 16.5. The number of hydrogen-bond acceptors (Lipinski definition) is 6. The molecule has 0 saturated heterocycles. The number of hydrogen-bond donors (Lipinski definition) is 1. The van der Waals surface area contributed by atoms with Crippen LogP contribution >= 0.6 is 0 Å². The van der Waals surface area contributed by atoms with Gasteiger partial charge in [-0.1, -0.05) is 12.1 Å². The van der Waals surface area contributed by atoms with E-state index in [9.17, 15) is 9.59 Å². The molecule has 1 amide bonds. The number of nitrogens with zero attached hydrogens (tertiary/aromatic N) is 5. The summed E-state index contributed by atoms with van der Waals surface area (Å²) < 4.78 is 6.62. The summed E-state index contributed by atoms with van der Waals surface area (Å²) in [6.07, 6.45) is 0.304. The van der Waals surface area contributed by atoms with Crippen LogP contribution in [0.5, 0.6) is 5.75 Å². The summed E-state index contributed by atoms with van der Waals surface area (Å²) in [5.41, 5.74) is 0.851. The number of aromatic nitrogens is 4. The van der Waals surface area contributed by atoms with Crippen LogP contribution in [0.2, 0.25) is 0 Å². The topological polar surface area (TPSA) is 110 Å². The molecule has 1 heterocycles. The lowest BCUT2D eigenvalue weighted by atomic mass is 10.0. The smallest absolute Gasteiger partial charge is 0.326 e. The van der Waals surface area contributed by atoms with Crippen molar-refractivity contribution in [1.29, 1.82) is 0 Å². The molecule has 9 nitrogen and oxygen atoms in total. The van der Waals surface area contributed by atoms with Crippen molar-refractivity contribution in [1.82, 2.24) is 25.1 Å². The third-order valence-electron chi connectivity index (χ3n) is 4.09. The molecule has 0 fully saturated rings. The number of benzene rings is 1. The predicted molar refractivity (Wildman–Crippen MR) is 88.2 cm³/mol. The zero-order valence-electron chi connectivity index (χ0n) is 14.6. The molecule has 9 heteroatoms. The molecule has 0 aliphatic heterocycles. The highest BCUT2D eigenvalue weighted by molar-refractivity contribution is 5.85. The molecule has 134 valence electrons. The monoisotopic (exact) mass is 347 g/mol. The molecule has 1 aromatic carbocycles. The van der Waals surface area contributed by atoms with E-state index < -0.39 is 18.1 Å². The number of carboxylic acid groups (broad SMARTS) is 1. The highest BCUT2D eigenvalue weighted by Gasteiger charge is 2.31. The molecular weight excluding hydrogens is 326 g/mol. The summed E-state index contributed by atoms with van der Waals surface area (Å²) in [5, 5.41) is 20.5. The van der Waals surface area contributed by atoms with Crippen molar-refractivity contribution in [3.05, 3.63) is 35.7 Å². The van der Waals surface area contributed by atoms with E-state index in [2.05, 4.69) is 15.5 Å². The standard InChI is InChI=1S/C16H21N5O4/c1-10(16(23)24)20(3)15(22)14(21-11(2)17-18-19-21)9-12-6-5-7-13(8-12)25-4/h5-8,10,14H,9H2,1-4H3,(H,23,24). The number of likely N-dealkylation sites (N-methyl/N-ethyl adjacent to an activating group) is 1. The van der Waals surface area contributed by atoms with E-state index in [1.807, 2.05) is 18.2 Å². The lowest BCUT2D eigenvalue weighted by molar-refractivity contribution is -0.149. The first kappa shape index (κ1) is 18.4. The molecule has 25 heavy (non-hydrogen) atoms. The Kier molecular flexibility index (Phi) is 5.68. The number of carbonyl (C=O) groups excluding carboxylic acids is 1. The zero-order chi connectivity index (χ0) is 18.6. The van der Waals surface area contributed by atoms with Crippen molar-refractivity contribution in [2.75, 3.05) is 14.2 Å². The van der Waals surface area contributed by atoms with Crippen LogP contribution < -0.4 is 4.74 Å². The minimum Gasteiger partial charge on any atom is -0.497 e. The number of carboxylic acids is 1. The van der Waals surface area contributed by atoms with E-state index >= 15 is 0 Å².